The Balaban J connectivity index is 0. The van der Waals surface area contributed by atoms with E-state index in [1.54, 1.807) is 0 Å². The van der Waals surface area contributed by atoms with Crippen molar-refractivity contribution in [3.05, 3.63) is 6.92 Å². The van der Waals surface area contributed by atoms with Crippen molar-refractivity contribution in [1.29, 1.82) is 0 Å². The van der Waals surface area contributed by atoms with Gasteiger partial charge in [-0.15, -0.1) is 0 Å². The van der Waals surface area contributed by atoms with E-state index >= 15 is 0 Å². The van der Waals surface area contributed by atoms with Gasteiger partial charge in [0.05, 0.1) is 0 Å². The molecule has 5 nitrogen and oxygen atoms in total. The van der Waals surface area contributed by atoms with Gasteiger partial charge >= 0.3 is 0 Å². The number of hydrogen-bond donors (Lipinski definition) is 1. The van der Waals surface area contributed by atoms with Crippen molar-refractivity contribution in [3.8, 4) is 0 Å². The number of isocyanates is 1. The van der Waals surface area contributed by atoms with Crippen LogP contribution in [0.4, 0.5) is 0 Å². The summed E-state index contributed by atoms with van der Waals surface area (Å²) in [6.45, 7) is 9.31. The van der Waals surface area contributed by atoms with E-state index in [2.05, 4.69) is 11.9 Å². The predicted octanol–water partition coefficient (Wildman–Crippen LogP) is -0.0256. The molecule has 0 atom stereocenters. The number of carbonyl (C=O) groups excluding carboxylic acids is 1. The summed E-state index contributed by atoms with van der Waals surface area (Å²) in [5, 5.41) is 0. The van der Waals surface area contributed by atoms with Gasteiger partial charge in [-0.3, -0.25) is 0 Å². The maximum absolute atomic E-state index is 9.75. The van der Waals surface area contributed by atoms with Crippen LogP contribution in [0.2, 0.25) is 0 Å². The van der Waals surface area contributed by atoms with Crippen molar-refractivity contribution < 1.29 is 14.3 Å². The minimum Gasteiger partial charge on any atom is -0.357 e. The van der Waals surface area contributed by atoms with Crippen LogP contribution in [0.25, 0.3) is 0 Å². The summed E-state index contributed by atoms with van der Waals surface area (Å²) >= 11 is 0. The highest BCUT2D eigenvalue weighted by atomic mass is 28.2. The summed E-state index contributed by atoms with van der Waals surface area (Å²) in [4.78, 5) is 13.2. The van der Waals surface area contributed by atoms with Crippen LogP contribution in [0.15, 0.2) is 4.99 Å². The van der Waals surface area contributed by atoms with E-state index in [0.29, 0.717) is 25.9 Å². The molecule has 6 heteroatoms. The third-order valence-electron chi connectivity index (χ3n) is 1.45. The first-order chi connectivity index (χ1) is 7.76. The molecule has 0 aliphatic carbocycles. The van der Waals surface area contributed by atoms with Gasteiger partial charge in [0, 0.05) is 19.4 Å². The lowest BCUT2D eigenvalue weighted by atomic mass is 10.5. The lowest BCUT2D eigenvalue weighted by Gasteiger charge is -2.14. The van der Waals surface area contributed by atoms with E-state index < -0.39 is 9.52 Å². The summed E-state index contributed by atoms with van der Waals surface area (Å²) in [6.07, 6.45) is 2.90. The van der Waals surface area contributed by atoms with Crippen LogP contribution in [0, 0.1) is 6.92 Å². The molecular formula is C10H23N2O3Si. The molecule has 0 bridgehead atoms. The highest BCUT2D eigenvalue weighted by molar-refractivity contribution is 6.36. The molecule has 0 unspecified atom stereocenters. The fourth-order valence-electron chi connectivity index (χ4n) is 0.802. The first-order valence-electron chi connectivity index (χ1n) is 5.52. The Kier molecular flexibility index (Phi) is 18.9. The molecule has 0 heterocycles. The maximum Gasteiger partial charge on any atom is 0.234 e. The van der Waals surface area contributed by atoms with Crippen molar-refractivity contribution in [2.24, 2.45) is 10.7 Å². The molecule has 0 aliphatic rings. The van der Waals surface area contributed by atoms with Gasteiger partial charge in [-0.05, 0) is 26.8 Å². The summed E-state index contributed by atoms with van der Waals surface area (Å²) < 4.78 is 10.6. The Bertz CT molecular complexity index is 167. The zero-order valence-electron chi connectivity index (χ0n) is 10.3. The molecule has 0 aromatic heterocycles. The lowest BCUT2D eigenvalue weighted by Crippen LogP contribution is -2.26. The van der Waals surface area contributed by atoms with E-state index in [9.17, 15) is 4.79 Å². The second kappa shape index (κ2) is 16.9. The number of nitrogens with zero attached hydrogens (tertiary/aromatic N) is 1. The molecule has 0 aliphatic heterocycles. The van der Waals surface area contributed by atoms with Gasteiger partial charge in [0.2, 0.25) is 6.08 Å². The van der Waals surface area contributed by atoms with Crippen molar-refractivity contribution >= 4 is 15.6 Å². The molecule has 0 saturated carbocycles. The molecule has 0 spiro atoms. The zero-order chi connectivity index (χ0) is 12.6. The number of ether oxygens (including phenoxy) is 2. The van der Waals surface area contributed by atoms with Crippen LogP contribution < -0.4 is 5.73 Å². The number of rotatable bonds is 8. The van der Waals surface area contributed by atoms with Gasteiger partial charge in [-0.1, -0.05) is 6.92 Å². The van der Waals surface area contributed by atoms with Gasteiger partial charge in [-0.2, -0.15) is 0 Å². The van der Waals surface area contributed by atoms with Crippen LogP contribution in [-0.4, -0.2) is 47.4 Å². The Hall–Kier alpha value is -0.523. The average molecular weight is 247 g/mol. The second-order valence-corrected chi connectivity index (χ2v) is 4.44. The van der Waals surface area contributed by atoms with Crippen LogP contribution in [-0.2, 0) is 14.3 Å². The molecule has 95 valence electrons. The first kappa shape index (κ1) is 17.9. The third kappa shape index (κ3) is 15.9. The largest absolute Gasteiger partial charge is 0.357 e. The molecular weight excluding hydrogens is 224 g/mol. The molecule has 0 aromatic rings. The molecule has 2 N–H and O–H groups in total. The monoisotopic (exact) mass is 247 g/mol. The minimum absolute atomic E-state index is 0.0999. The Morgan fingerprint density at radius 2 is 1.94 bits per heavy atom. The number of nitrogens with two attached hydrogens (primary N) is 1. The lowest BCUT2D eigenvalue weighted by molar-refractivity contribution is -0.0826. The first-order valence-corrected chi connectivity index (χ1v) is 7.34. The van der Waals surface area contributed by atoms with Gasteiger partial charge in [0.15, 0.2) is 0 Å². The summed E-state index contributed by atoms with van der Waals surface area (Å²) in [5.41, 5.74) is 4.97. The van der Waals surface area contributed by atoms with Crippen LogP contribution in [0.3, 0.4) is 0 Å². The summed E-state index contributed by atoms with van der Waals surface area (Å²) in [6, 6.07) is 0. The second-order valence-electron chi connectivity index (χ2n) is 2.74. The molecule has 1 radical (unpaired) electrons. The molecule has 0 amide bonds. The predicted molar refractivity (Wildman–Crippen MR) is 67.6 cm³/mol. The quantitative estimate of drug-likeness (QED) is 0.283. The van der Waals surface area contributed by atoms with E-state index in [1.807, 2.05) is 13.8 Å². The fourth-order valence-corrected chi connectivity index (χ4v) is 2.04. The van der Waals surface area contributed by atoms with Crippen molar-refractivity contribution in [1.82, 2.24) is 0 Å². The van der Waals surface area contributed by atoms with Crippen molar-refractivity contribution in [2.75, 3.05) is 25.9 Å². The Morgan fingerprint density at radius 3 is 2.25 bits per heavy atom. The highest BCUT2D eigenvalue weighted by Crippen LogP contribution is 1.92. The van der Waals surface area contributed by atoms with Crippen LogP contribution >= 0.6 is 0 Å². The zero-order valence-corrected chi connectivity index (χ0v) is 11.7. The molecule has 0 rings (SSSR count). The average Bonchev–Trinajstić information content (AvgIpc) is 2.30. The summed E-state index contributed by atoms with van der Waals surface area (Å²) in [5.74, 6) is -0.0999. The van der Waals surface area contributed by atoms with E-state index in [0.717, 1.165) is 6.42 Å². The molecule has 0 fully saturated rings. The van der Waals surface area contributed by atoms with Gasteiger partial charge < -0.3 is 15.2 Å². The topological polar surface area (TPSA) is 73.9 Å². The minimum atomic E-state index is -0.581. The Labute approximate surface area is 100 Å². The number of hydrogen-bond acceptors (Lipinski definition) is 5. The molecule has 0 aromatic carbocycles. The van der Waals surface area contributed by atoms with Gasteiger partial charge in [-0.25, -0.2) is 9.79 Å². The molecule has 16 heavy (non-hydrogen) atoms. The fraction of sp³-hybridized carbons (Fsp3) is 0.800. The standard InChI is InChI=1S/C7H15NO3Si.C3H8N/c1-3-10-7(11-4-2)12-6-8-5-9;1-2-3-4/h7H,3-4,6,12H2,1-2H3;1-4H2. The normalized spacial score (nSPS) is 10.1. The van der Waals surface area contributed by atoms with Crippen LogP contribution in [0.1, 0.15) is 20.3 Å². The smallest absolute Gasteiger partial charge is 0.234 e. The summed E-state index contributed by atoms with van der Waals surface area (Å²) in [7, 11) is -0.581. The molecule has 0 saturated heterocycles. The third-order valence-corrected chi connectivity index (χ3v) is 2.88. The van der Waals surface area contributed by atoms with Crippen molar-refractivity contribution in [3.63, 3.8) is 0 Å². The highest BCUT2D eigenvalue weighted by Gasteiger charge is 2.06. The van der Waals surface area contributed by atoms with Gasteiger partial charge in [0.1, 0.15) is 15.4 Å². The SMILES string of the molecule is CCOC(OCC)[SiH2]CN=C=O.[CH2]CCN. The van der Waals surface area contributed by atoms with Crippen LogP contribution in [0.5, 0.6) is 0 Å². The van der Waals surface area contributed by atoms with Gasteiger partial charge in [0.25, 0.3) is 0 Å². The number of aliphatic imine (C=N–C) groups is 1. The Morgan fingerprint density at radius 1 is 1.44 bits per heavy atom. The maximum atomic E-state index is 9.75. The van der Waals surface area contributed by atoms with E-state index in [1.165, 1.54) is 6.08 Å². The van der Waals surface area contributed by atoms with E-state index in [4.69, 9.17) is 15.2 Å². The van der Waals surface area contributed by atoms with E-state index in [-0.39, 0.29) is 5.91 Å². The van der Waals surface area contributed by atoms with Crippen molar-refractivity contribution in [2.45, 2.75) is 26.2 Å².